The lowest BCUT2D eigenvalue weighted by atomic mass is 10.0. The number of aromatic nitrogens is 1. The maximum atomic E-state index is 9.34. The summed E-state index contributed by atoms with van der Waals surface area (Å²) in [5.74, 6) is 0.0266. The highest BCUT2D eigenvalue weighted by Crippen LogP contribution is 2.52. The molecule has 0 aromatic carbocycles. The number of nitrogens with one attached hydrogen (secondary N) is 1. The van der Waals surface area contributed by atoms with Crippen LogP contribution < -0.4 is 0 Å². The van der Waals surface area contributed by atoms with E-state index in [4.69, 9.17) is 4.74 Å². The van der Waals surface area contributed by atoms with E-state index in [1.807, 2.05) is 12.2 Å². The Kier molecular flexibility index (Phi) is 0.851. The Hall–Kier alpha value is -1.42. The molecule has 0 fully saturated rings. The van der Waals surface area contributed by atoms with Crippen LogP contribution in [0.3, 0.4) is 0 Å². The predicted molar refractivity (Wildman–Crippen MR) is 39.8 cm³/mol. The Morgan fingerprint density at radius 3 is 2.08 bits per heavy atom. The maximum Gasteiger partial charge on any atom is 0.197 e. The number of aromatic hydroxyl groups is 2. The molecule has 2 unspecified atom stereocenters. The molecule has 0 aliphatic carbocycles. The minimum absolute atomic E-state index is 0.0133. The van der Waals surface area contributed by atoms with E-state index in [1.165, 1.54) is 0 Å². The van der Waals surface area contributed by atoms with Crippen molar-refractivity contribution in [1.82, 2.24) is 4.98 Å². The molecule has 1 aromatic rings. The molecule has 2 aliphatic rings. The van der Waals surface area contributed by atoms with E-state index >= 15 is 0 Å². The highest BCUT2D eigenvalue weighted by atomic mass is 16.5. The number of hydrogen-bond acceptors (Lipinski definition) is 3. The molecule has 1 aromatic heterocycles. The van der Waals surface area contributed by atoms with Gasteiger partial charge in [-0.25, -0.2) is 0 Å². The van der Waals surface area contributed by atoms with Gasteiger partial charge in [-0.1, -0.05) is 12.2 Å². The van der Waals surface area contributed by atoms with Gasteiger partial charge in [0.1, 0.15) is 12.2 Å². The first-order chi connectivity index (χ1) is 5.77. The fourth-order valence-electron chi connectivity index (χ4n) is 1.86. The molecule has 3 rings (SSSR count). The molecular formula is C8H7NO3. The molecule has 4 nitrogen and oxygen atoms in total. The topological polar surface area (TPSA) is 65.5 Å². The van der Waals surface area contributed by atoms with Crippen LogP contribution in [0.25, 0.3) is 0 Å². The Labute approximate surface area is 68.1 Å². The highest BCUT2D eigenvalue weighted by molar-refractivity contribution is 5.54. The Morgan fingerprint density at radius 2 is 1.58 bits per heavy atom. The number of hydrogen-bond donors (Lipinski definition) is 3. The van der Waals surface area contributed by atoms with Crippen molar-refractivity contribution in [2.24, 2.45) is 0 Å². The van der Waals surface area contributed by atoms with Gasteiger partial charge < -0.3 is 14.9 Å². The summed E-state index contributed by atoms with van der Waals surface area (Å²) in [5.41, 5.74) is 1.36. The van der Waals surface area contributed by atoms with Crippen molar-refractivity contribution in [2.75, 3.05) is 0 Å². The number of aromatic amines is 1. The van der Waals surface area contributed by atoms with Gasteiger partial charge >= 0.3 is 0 Å². The van der Waals surface area contributed by atoms with Crippen LogP contribution in [-0.4, -0.2) is 15.2 Å². The van der Waals surface area contributed by atoms with Crippen LogP contribution in [-0.2, 0) is 4.74 Å². The minimum atomic E-state index is -0.179. The standard InChI is InChI=1S/C8H7NO3/c10-7-5-3-1-2-4(12-3)6(5)8(11)9-7/h1-4,9-11H. The number of H-pyrrole nitrogens is 1. The summed E-state index contributed by atoms with van der Waals surface area (Å²) in [6.45, 7) is 0. The van der Waals surface area contributed by atoms with Crippen LogP contribution in [0.1, 0.15) is 23.3 Å². The normalized spacial score (nSPS) is 29.7. The summed E-state index contributed by atoms with van der Waals surface area (Å²) in [4.78, 5) is 2.47. The second kappa shape index (κ2) is 1.67. The van der Waals surface area contributed by atoms with Gasteiger partial charge in [0.25, 0.3) is 0 Å². The van der Waals surface area contributed by atoms with Crippen molar-refractivity contribution in [3.05, 3.63) is 23.3 Å². The van der Waals surface area contributed by atoms with Crippen LogP contribution in [0.4, 0.5) is 0 Å². The van der Waals surface area contributed by atoms with E-state index < -0.39 is 0 Å². The summed E-state index contributed by atoms with van der Waals surface area (Å²) in [6, 6.07) is 0. The third-order valence-corrected chi connectivity index (χ3v) is 2.36. The molecule has 0 saturated carbocycles. The van der Waals surface area contributed by atoms with Gasteiger partial charge in [0, 0.05) is 0 Å². The van der Waals surface area contributed by atoms with Crippen molar-refractivity contribution >= 4 is 0 Å². The van der Waals surface area contributed by atoms with Crippen molar-refractivity contribution in [1.29, 1.82) is 0 Å². The summed E-state index contributed by atoms with van der Waals surface area (Å²) in [5, 5.41) is 18.7. The van der Waals surface area contributed by atoms with Gasteiger partial charge in [-0.05, 0) is 0 Å². The van der Waals surface area contributed by atoms with Gasteiger partial charge in [-0.15, -0.1) is 0 Å². The SMILES string of the molecule is Oc1[nH]c(O)c2c1C1C=CC2O1. The molecular weight excluding hydrogens is 158 g/mol. The molecule has 3 N–H and O–H groups in total. The zero-order valence-corrected chi connectivity index (χ0v) is 6.11. The highest BCUT2D eigenvalue weighted by Gasteiger charge is 2.40. The molecule has 2 bridgehead atoms. The average Bonchev–Trinajstić information content (AvgIpc) is 2.64. The molecule has 0 amide bonds. The van der Waals surface area contributed by atoms with E-state index in [0.29, 0.717) is 11.1 Å². The molecule has 2 aliphatic heterocycles. The predicted octanol–water partition coefficient (Wildman–Crippen LogP) is 1.11. The molecule has 0 saturated heterocycles. The third kappa shape index (κ3) is 0.494. The van der Waals surface area contributed by atoms with E-state index in [0.717, 1.165) is 0 Å². The Balaban J connectivity index is 2.31. The second-order valence-corrected chi connectivity index (χ2v) is 3.01. The monoisotopic (exact) mass is 165 g/mol. The molecule has 3 heterocycles. The van der Waals surface area contributed by atoms with E-state index in [-0.39, 0.29) is 24.0 Å². The van der Waals surface area contributed by atoms with Crippen molar-refractivity contribution < 1.29 is 14.9 Å². The van der Waals surface area contributed by atoms with Gasteiger partial charge in [0.2, 0.25) is 0 Å². The van der Waals surface area contributed by atoms with E-state index in [2.05, 4.69) is 4.98 Å². The molecule has 12 heavy (non-hydrogen) atoms. The van der Waals surface area contributed by atoms with Crippen molar-refractivity contribution in [3.63, 3.8) is 0 Å². The molecule has 62 valence electrons. The first kappa shape index (κ1) is 6.14. The van der Waals surface area contributed by atoms with Gasteiger partial charge in [0.05, 0.1) is 11.1 Å². The Bertz CT molecular complexity index is 347. The average molecular weight is 165 g/mol. The number of rotatable bonds is 0. The number of fused-ring (bicyclic) bond motifs is 5. The summed E-state index contributed by atoms with van der Waals surface area (Å²) in [7, 11) is 0. The second-order valence-electron chi connectivity index (χ2n) is 3.01. The molecule has 0 radical (unpaired) electrons. The van der Waals surface area contributed by atoms with Crippen molar-refractivity contribution in [2.45, 2.75) is 12.2 Å². The fraction of sp³-hybridized carbons (Fsp3) is 0.250. The smallest absolute Gasteiger partial charge is 0.197 e. The molecule has 2 atom stereocenters. The Morgan fingerprint density at radius 1 is 1.08 bits per heavy atom. The third-order valence-electron chi connectivity index (χ3n) is 2.36. The zero-order chi connectivity index (χ0) is 8.29. The lowest BCUT2D eigenvalue weighted by Crippen LogP contribution is -1.87. The lowest BCUT2D eigenvalue weighted by molar-refractivity contribution is 0.0847. The minimum Gasteiger partial charge on any atom is -0.494 e. The number of ether oxygens (including phenoxy) is 1. The van der Waals surface area contributed by atoms with Crippen LogP contribution in [0, 0.1) is 0 Å². The maximum absolute atomic E-state index is 9.34. The zero-order valence-electron chi connectivity index (χ0n) is 6.11. The van der Waals surface area contributed by atoms with E-state index in [1.54, 1.807) is 0 Å². The summed E-state index contributed by atoms with van der Waals surface area (Å²) in [6.07, 6.45) is 3.39. The van der Waals surface area contributed by atoms with Crippen LogP contribution in [0.5, 0.6) is 11.8 Å². The van der Waals surface area contributed by atoms with E-state index in [9.17, 15) is 10.2 Å². The lowest BCUT2D eigenvalue weighted by Gasteiger charge is -2.00. The molecule has 4 heteroatoms. The quantitative estimate of drug-likeness (QED) is 0.504. The van der Waals surface area contributed by atoms with Crippen LogP contribution >= 0.6 is 0 Å². The first-order valence-electron chi connectivity index (χ1n) is 3.75. The van der Waals surface area contributed by atoms with Crippen molar-refractivity contribution in [3.8, 4) is 11.8 Å². The molecule has 0 spiro atoms. The van der Waals surface area contributed by atoms with Gasteiger partial charge in [-0.2, -0.15) is 0 Å². The van der Waals surface area contributed by atoms with Gasteiger partial charge in [-0.3, -0.25) is 4.98 Å². The summed E-state index contributed by atoms with van der Waals surface area (Å²) >= 11 is 0. The van der Waals surface area contributed by atoms with Crippen LogP contribution in [0.2, 0.25) is 0 Å². The van der Waals surface area contributed by atoms with Gasteiger partial charge in [0.15, 0.2) is 11.8 Å². The fourth-order valence-corrected chi connectivity index (χ4v) is 1.86. The van der Waals surface area contributed by atoms with Crippen LogP contribution in [0.15, 0.2) is 12.2 Å². The first-order valence-corrected chi connectivity index (χ1v) is 3.75. The summed E-state index contributed by atoms with van der Waals surface area (Å²) < 4.78 is 5.39. The largest absolute Gasteiger partial charge is 0.494 e.